The van der Waals surface area contributed by atoms with E-state index in [1.165, 1.54) is 4.90 Å². The van der Waals surface area contributed by atoms with Crippen LogP contribution in [-0.2, 0) is 19.1 Å². The number of fused-ring (bicyclic) bond motifs is 1. The number of anilines is 2. The van der Waals surface area contributed by atoms with Crippen LogP contribution in [0, 0.1) is 11.8 Å². The van der Waals surface area contributed by atoms with E-state index >= 15 is 0 Å². The Morgan fingerprint density at radius 1 is 0.933 bits per heavy atom. The van der Waals surface area contributed by atoms with Crippen molar-refractivity contribution in [2.75, 3.05) is 31.0 Å². The van der Waals surface area contributed by atoms with Gasteiger partial charge in [0.15, 0.2) is 0 Å². The number of nitrogens with zero attached hydrogens (tertiary/aromatic N) is 1. The Balaban J connectivity index is 1.39. The monoisotopic (exact) mass is 613 g/mol. The zero-order valence-corrected chi connectivity index (χ0v) is 25.7. The minimum atomic E-state index is -1.26. The molecule has 3 aromatic carbocycles. The lowest BCUT2D eigenvalue weighted by molar-refractivity contribution is -0.148. The molecule has 6 rings (SSSR count). The number of benzene rings is 3. The summed E-state index contributed by atoms with van der Waals surface area (Å²) in [6.45, 7) is 3.97. The van der Waals surface area contributed by atoms with E-state index < -0.39 is 47.6 Å². The van der Waals surface area contributed by atoms with E-state index in [1.54, 1.807) is 55.6 Å². The van der Waals surface area contributed by atoms with Gasteiger partial charge in [0.2, 0.25) is 17.7 Å². The second-order valence-corrected chi connectivity index (χ2v) is 11.9. The van der Waals surface area contributed by atoms with Gasteiger partial charge in [0.1, 0.15) is 23.1 Å². The van der Waals surface area contributed by atoms with Crippen LogP contribution in [-0.4, -0.2) is 65.3 Å². The Morgan fingerprint density at radius 2 is 1.56 bits per heavy atom. The molecule has 6 atom stereocenters. The van der Waals surface area contributed by atoms with Gasteiger partial charge in [0.05, 0.1) is 43.8 Å². The number of carbonyl (C=O) groups is 3. The molecule has 3 amide bonds. The summed E-state index contributed by atoms with van der Waals surface area (Å²) >= 11 is 0. The number of likely N-dealkylation sites (tertiary alicyclic amines) is 1. The highest BCUT2D eigenvalue weighted by atomic mass is 16.5. The highest BCUT2D eigenvalue weighted by Gasteiger charge is 2.79. The van der Waals surface area contributed by atoms with E-state index in [9.17, 15) is 19.5 Å². The van der Waals surface area contributed by atoms with E-state index in [2.05, 4.69) is 10.6 Å². The topological polar surface area (TPSA) is 126 Å². The molecule has 3 aliphatic rings. The molecule has 236 valence electrons. The van der Waals surface area contributed by atoms with Crippen molar-refractivity contribution in [2.45, 2.75) is 56.4 Å². The number of methoxy groups -OCH3 is 1. The third-order valence-corrected chi connectivity index (χ3v) is 9.63. The summed E-state index contributed by atoms with van der Waals surface area (Å²) < 4.78 is 17.7. The summed E-state index contributed by atoms with van der Waals surface area (Å²) in [7, 11) is 1.56. The van der Waals surface area contributed by atoms with Gasteiger partial charge in [-0.2, -0.15) is 0 Å². The first-order chi connectivity index (χ1) is 21.8. The number of rotatable bonds is 11. The predicted octanol–water partition coefficient (Wildman–Crippen LogP) is 4.56. The Morgan fingerprint density at radius 3 is 2.13 bits per heavy atom. The normalized spacial score (nSPS) is 27.2. The van der Waals surface area contributed by atoms with E-state index in [4.69, 9.17) is 14.2 Å². The summed E-state index contributed by atoms with van der Waals surface area (Å²) in [6, 6.07) is 21.2. The number of hydrogen-bond acceptors (Lipinski definition) is 7. The van der Waals surface area contributed by atoms with Crippen LogP contribution >= 0.6 is 0 Å². The highest BCUT2D eigenvalue weighted by Crippen LogP contribution is 2.65. The van der Waals surface area contributed by atoms with Gasteiger partial charge in [-0.3, -0.25) is 14.4 Å². The number of hydrogen-bond donors (Lipinski definition) is 3. The second-order valence-electron chi connectivity index (χ2n) is 11.9. The predicted molar refractivity (Wildman–Crippen MR) is 168 cm³/mol. The van der Waals surface area contributed by atoms with Crippen LogP contribution in [0.25, 0.3) is 0 Å². The standard InChI is InChI=1S/C35H39N3O7/c1-4-34-19-20-35(45-34)29(28(34)31(40)36-23-13-17-26(18-14-23)44-5-2)33(42)38(27(21-39)22-9-7-6-8-10-22)30(35)32(41)37-24-11-15-25(43-3)16-12-24/h6-18,27-30,39H,4-5,19-21H2,1-3H3,(H,36,40)(H,37,41)/t27-,28-,29+,30?,34+,35?/m1/s1. The number of ether oxygens (including phenoxy) is 3. The molecule has 0 aliphatic carbocycles. The summed E-state index contributed by atoms with van der Waals surface area (Å²) in [5.74, 6) is -1.59. The molecule has 45 heavy (non-hydrogen) atoms. The van der Waals surface area contributed by atoms with Crippen molar-refractivity contribution in [2.24, 2.45) is 11.8 Å². The SMILES string of the molecule is CCOc1ccc(NC(=O)[C@H]2[C@H]3C(=O)N([C@H](CO)c4ccccc4)C(C(=O)Nc4ccc(OC)cc4)C34CC[C@]2(CC)O4)cc1. The fraction of sp³-hybridized carbons (Fsp3) is 0.400. The first-order valence-corrected chi connectivity index (χ1v) is 15.5. The largest absolute Gasteiger partial charge is 0.497 e. The van der Waals surface area contributed by atoms with Gasteiger partial charge in [-0.25, -0.2) is 0 Å². The Hall–Kier alpha value is -4.41. The molecule has 0 saturated carbocycles. The summed E-state index contributed by atoms with van der Waals surface area (Å²) in [6.07, 6.45) is 1.44. The quantitative estimate of drug-likeness (QED) is 0.290. The van der Waals surface area contributed by atoms with Crippen LogP contribution in [0.4, 0.5) is 11.4 Å². The number of carbonyl (C=O) groups excluding carboxylic acids is 3. The van der Waals surface area contributed by atoms with E-state index in [-0.39, 0.29) is 11.8 Å². The van der Waals surface area contributed by atoms with E-state index in [1.807, 2.05) is 44.2 Å². The van der Waals surface area contributed by atoms with Crippen molar-refractivity contribution in [1.29, 1.82) is 0 Å². The van der Waals surface area contributed by atoms with Crippen LogP contribution < -0.4 is 20.1 Å². The van der Waals surface area contributed by atoms with Gasteiger partial charge in [0, 0.05) is 11.4 Å². The van der Waals surface area contributed by atoms with Crippen molar-refractivity contribution in [3.05, 3.63) is 84.4 Å². The number of nitrogens with one attached hydrogen (secondary N) is 2. The third kappa shape index (κ3) is 5.11. The summed E-state index contributed by atoms with van der Waals surface area (Å²) in [4.78, 5) is 44.6. The lowest BCUT2D eigenvalue weighted by atomic mass is 9.65. The molecular formula is C35H39N3O7. The molecule has 2 unspecified atom stereocenters. The highest BCUT2D eigenvalue weighted by molar-refractivity contribution is 6.05. The molecule has 3 fully saturated rings. The van der Waals surface area contributed by atoms with E-state index in [0.29, 0.717) is 54.3 Å². The second kappa shape index (κ2) is 12.2. The minimum Gasteiger partial charge on any atom is -0.497 e. The maximum Gasteiger partial charge on any atom is 0.250 e. The van der Waals surface area contributed by atoms with Gasteiger partial charge in [-0.15, -0.1) is 0 Å². The van der Waals surface area contributed by atoms with Gasteiger partial charge in [-0.1, -0.05) is 37.3 Å². The molecule has 10 nitrogen and oxygen atoms in total. The molecule has 1 spiro atoms. The fourth-order valence-corrected chi connectivity index (χ4v) is 7.62. The lowest BCUT2D eigenvalue weighted by Crippen LogP contribution is -2.54. The zero-order chi connectivity index (χ0) is 31.8. The van der Waals surface area contributed by atoms with Gasteiger partial charge >= 0.3 is 0 Å². The van der Waals surface area contributed by atoms with E-state index in [0.717, 1.165) is 0 Å². The van der Waals surface area contributed by atoms with Gasteiger partial charge < -0.3 is 34.9 Å². The van der Waals surface area contributed by atoms with Gasteiger partial charge in [-0.05, 0) is 80.3 Å². The fourth-order valence-electron chi connectivity index (χ4n) is 7.62. The van der Waals surface area contributed by atoms with Crippen molar-refractivity contribution in [3.63, 3.8) is 0 Å². The van der Waals surface area contributed by atoms with Crippen LogP contribution in [0.15, 0.2) is 78.9 Å². The number of aliphatic hydroxyl groups excluding tert-OH is 1. The van der Waals surface area contributed by atoms with Gasteiger partial charge in [0.25, 0.3) is 0 Å². The molecule has 3 saturated heterocycles. The van der Waals surface area contributed by atoms with Crippen LogP contribution in [0.2, 0.25) is 0 Å². The summed E-state index contributed by atoms with van der Waals surface area (Å²) in [5.41, 5.74) is -0.396. The smallest absolute Gasteiger partial charge is 0.250 e. The first kappa shape index (κ1) is 30.6. The van der Waals surface area contributed by atoms with Crippen molar-refractivity contribution in [3.8, 4) is 11.5 Å². The van der Waals surface area contributed by atoms with Crippen LogP contribution in [0.5, 0.6) is 11.5 Å². The molecular weight excluding hydrogens is 574 g/mol. The molecule has 10 heteroatoms. The third-order valence-electron chi connectivity index (χ3n) is 9.63. The Bertz CT molecular complexity index is 1550. The average molecular weight is 614 g/mol. The number of amides is 3. The minimum absolute atomic E-state index is 0.336. The zero-order valence-electron chi connectivity index (χ0n) is 25.7. The van der Waals surface area contributed by atoms with Crippen molar-refractivity contribution >= 4 is 29.1 Å². The lowest BCUT2D eigenvalue weighted by Gasteiger charge is -2.37. The maximum atomic E-state index is 14.7. The van der Waals surface area contributed by atoms with Crippen molar-refractivity contribution in [1.82, 2.24) is 4.90 Å². The first-order valence-electron chi connectivity index (χ1n) is 15.5. The molecule has 3 heterocycles. The van der Waals surface area contributed by atoms with Crippen LogP contribution in [0.3, 0.4) is 0 Å². The maximum absolute atomic E-state index is 14.7. The molecule has 3 aromatic rings. The molecule has 0 radical (unpaired) electrons. The summed E-state index contributed by atoms with van der Waals surface area (Å²) in [5, 5.41) is 16.7. The average Bonchev–Trinajstić information content (AvgIpc) is 3.67. The molecule has 0 aromatic heterocycles. The van der Waals surface area contributed by atoms with Crippen LogP contribution in [0.1, 0.15) is 44.7 Å². The Kier molecular flexibility index (Phi) is 8.28. The Labute approximate surface area is 262 Å². The van der Waals surface area contributed by atoms with Crippen molar-refractivity contribution < 1.29 is 33.7 Å². The molecule has 3 N–H and O–H groups in total. The molecule has 3 aliphatic heterocycles. The molecule has 2 bridgehead atoms. The number of aliphatic hydroxyl groups is 1.